The lowest BCUT2D eigenvalue weighted by molar-refractivity contribution is -0.115. The van der Waals surface area contributed by atoms with E-state index in [4.69, 9.17) is 0 Å². The average molecular weight is 289 g/mol. The number of thiol groups is 1. The van der Waals surface area contributed by atoms with Crippen molar-refractivity contribution >= 4 is 40.2 Å². The van der Waals surface area contributed by atoms with Crippen molar-refractivity contribution in [3.63, 3.8) is 0 Å². The lowest BCUT2D eigenvalue weighted by atomic mass is 10.2. The number of halogens is 1. The lowest BCUT2D eigenvalue weighted by Crippen LogP contribution is -2.13. The van der Waals surface area contributed by atoms with Crippen LogP contribution in [0, 0.1) is 13.8 Å². The minimum atomic E-state index is -0.0318. The number of nitrogens with zero attached hydrogens (tertiary/aromatic N) is 1. The van der Waals surface area contributed by atoms with Gasteiger partial charge in [0, 0.05) is 12.1 Å². The third kappa shape index (κ3) is 3.50. The molecule has 0 spiro atoms. The number of rotatable bonds is 3. The summed E-state index contributed by atoms with van der Waals surface area (Å²) in [6, 6.07) is 1.84. The Kier molecular flexibility index (Phi) is 4.60. The van der Waals surface area contributed by atoms with Gasteiger partial charge in [-0.05, 0) is 41.6 Å². The first-order valence-corrected chi connectivity index (χ1v) is 6.01. The molecular formula is C10H13BrN2OS. The van der Waals surface area contributed by atoms with E-state index in [0.717, 1.165) is 21.5 Å². The second-order valence-corrected chi connectivity index (χ2v) is 4.47. The van der Waals surface area contributed by atoms with E-state index in [1.165, 1.54) is 0 Å². The normalized spacial score (nSPS) is 10.1. The molecule has 0 bridgehead atoms. The van der Waals surface area contributed by atoms with E-state index in [1.807, 2.05) is 19.9 Å². The Morgan fingerprint density at radius 1 is 1.60 bits per heavy atom. The van der Waals surface area contributed by atoms with Gasteiger partial charge in [0.1, 0.15) is 0 Å². The highest BCUT2D eigenvalue weighted by molar-refractivity contribution is 9.10. The maximum atomic E-state index is 11.4. The first kappa shape index (κ1) is 12.5. The molecule has 1 N–H and O–H groups in total. The van der Waals surface area contributed by atoms with Gasteiger partial charge in [-0.2, -0.15) is 12.6 Å². The summed E-state index contributed by atoms with van der Waals surface area (Å²) in [4.78, 5) is 15.7. The first-order valence-electron chi connectivity index (χ1n) is 4.59. The van der Waals surface area contributed by atoms with Crippen molar-refractivity contribution in [3.8, 4) is 0 Å². The van der Waals surface area contributed by atoms with Crippen LogP contribution in [0.25, 0.3) is 0 Å². The van der Waals surface area contributed by atoms with Crippen molar-refractivity contribution in [1.29, 1.82) is 0 Å². The van der Waals surface area contributed by atoms with Crippen molar-refractivity contribution in [2.24, 2.45) is 0 Å². The third-order valence-corrected chi connectivity index (χ3v) is 3.09. The number of hydrogen-bond acceptors (Lipinski definition) is 3. The summed E-state index contributed by atoms with van der Waals surface area (Å²) >= 11 is 7.41. The van der Waals surface area contributed by atoms with Crippen LogP contribution in [0.1, 0.15) is 17.8 Å². The molecule has 0 fully saturated rings. The molecule has 0 aromatic carbocycles. The molecular weight excluding hydrogens is 276 g/mol. The number of anilines is 1. The fourth-order valence-electron chi connectivity index (χ4n) is 1.22. The fraction of sp³-hybridized carbons (Fsp3) is 0.400. The summed E-state index contributed by atoms with van der Waals surface area (Å²) in [6.45, 7) is 3.79. The lowest BCUT2D eigenvalue weighted by Gasteiger charge is -2.09. The summed E-state index contributed by atoms with van der Waals surface area (Å²) in [6.07, 6.45) is 0.413. The summed E-state index contributed by atoms with van der Waals surface area (Å²) in [5.41, 5.74) is 2.53. The summed E-state index contributed by atoms with van der Waals surface area (Å²) in [5, 5.41) is 2.82. The van der Waals surface area contributed by atoms with Crippen molar-refractivity contribution < 1.29 is 4.79 Å². The van der Waals surface area contributed by atoms with Crippen LogP contribution in [-0.2, 0) is 4.79 Å². The molecule has 0 saturated heterocycles. The molecule has 1 aromatic heterocycles. The molecule has 0 radical (unpaired) electrons. The quantitative estimate of drug-likeness (QED) is 0.840. The van der Waals surface area contributed by atoms with Gasteiger partial charge in [0.15, 0.2) is 0 Å². The molecule has 1 rings (SSSR count). The van der Waals surface area contributed by atoms with Gasteiger partial charge in [-0.25, -0.2) is 0 Å². The zero-order chi connectivity index (χ0) is 11.4. The molecule has 0 aliphatic rings. The van der Waals surface area contributed by atoms with Crippen molar-refractivity contribution in [2.45, 2.75) is 20.3 Å². The van der Waals surface area contributed by atoms with Gasteiger partial charge >= 0.3 is 0 Å². The SMILES string of the molecule is Cc1cc(NC(=O)CCS)c(Br)c(C)n1. The molecule has 1 amide bonds. The first-order chi connectivity index (χ1) is 7.04. The van der Waals surface area contributed by atoms with Crippen molar-refractivity contribution in [1.82, 2.24) is 4.98 Å². The monoisotopic (exact) mass is 288 g/mol. The van der Waals surface area contributed by atoms with Gasteiger partial charge in [0.05, 0.1) is 15.9 Å². The number of hydrogen-bond donors (Lipinski definition) is 2. The number of aryl methyl sites for hydroxylation is 2. The average Bonchev–Trinajstić information content (AvgIpc) is 2.13. The van der Waals surface area contributed by atoms with Crippen LogP contribution >= 0.6 is 28.6 Å². The Morgan fingerprint density at radius 2 is 2.27 bits per heavy atom. The van der Waals surface area contributed by atoms with E-state index in [9.17, 15) is 4.79 Å². The maximum Gasteiger partial charge on any atom is 0.225 e. The summed E-state index contributed by atoms with van der Waals surface area (Å²) < 4.78 is 0.834. The second-order valence-electron chi connectivity index (χ2n) is 3.23. The predicted molar refractivity (Wildman–Crippen MR) is 68.5 cm³/mol. The van der Waals surface area contributed by atoms with Gasteiger partial charge in [-0.1, -0.05) is 0 Å². The molecule has 3 nitrogen and oxygen atoms in total. The van der Waals surface area contributed by atoms with Gasteiger partial charge in [-0.3, -0.25) is 9.78 Å². The fourth-order valence-corrected chi connectivity index (χ4v) is 1.72. The highest BCUT2D eigenvalue weighted by Gasteiger charge is 2.08. The van der Waals surface area contributed by atoms with Crippen LogP contribution in [0.15, 0.2) is 10.5 Å². The van der Waals surface area contributed by atoms with E-state index in [-0.39, 0.29) is 5.91 Å². The number of aromatic nitrogens is 1. The molecule has 0 unspecified atom stereocenters. The number of carbonyl (C=O) groups is 1. The van der Waals surface area contributed by atoms with Gasteiger partial charge in [0.25, 0.3) is 0 Å². The summed E-state index contributed by atoms with van der Waals surface area (Å²) in [5.74, 6) is 0.516. The molecule has 5 heteroatoms. The number of pyridine rings is 1. The van der Waals surface area contributed by atoms with Crippen LogP contribution in [-0.4, -0.2) is 16.6 Å². The van der Waals surface area contributed by atoms with E-state index in [0.29, 0.717) is 12.2 Å². The van der Waals surface area contributed by atoms with Crippen LogP contribution < -0.4 is 5.32 Å². The van der Waals surface area contributed by atoms with Crippen LogP contribution in [0.5, 0.6) is 0 Å². The smallest absolute Gasteiger partial charge is 0.225 e. The molecule has 0 aliphatic heterocycles. The highest BCUT2D eigenvalue weighted by Crippen LogP contribution is 2.25. The third-order valence-electron chi connectivity index (χ3n) is 1.86. The standard InChI is InChI=1S/C10H13BrN2OS/c1-6-5-8(10(11)7(2)12-6)13-9(14)3-4-15/h5,15H,3-4H2,1-2H3,(H,12,13,14). The number of amides is 1. The molecule has 0 saturated carbocycles. The Hall–Kier alpha value is -0.550. The minimum absolute atomic E-state index is 0.0318. The topological polar surface area (TPSA) is 42.0 Å². The molecule has 0 aliphatic carbocycles. The highest BCUT2D eigenvalue weighted by atomic mass is 79.9. The van der Waals surface area contributed by atoms with Crippen LogP contribution in [0.4, 0.5) is 5.69 Å². The molecule has 15 heavy (non-hydrogen) atoms. The Bertz CT molecular complexity index is 382. The van der Waals surface area contributed by atoms with Gasteiger partial charge in [-0.15, -0.1) is 0 Å². The molecule has 1 aromatic rings. The zero-order valence-corrected chi connectivity index (χ0v) is 11.2. The van der Waals surface area contributed by atoms with Gasteiger partial charge in [0.2, 0.25) is 5.91 Å². The van der Waals surface area contributed by atoms with Crippen molar-refractivity contribution in [3.05, 3.63) is 21.9 Å². The van der Waals surface area contributed by atoms with E-state index >= 15 is 0 Å². The maximum absolute atomic E-state index is 11.4. The predicted octanol–water partition coefficient (Wildman–Crippen LogP) is 2.72. The molecule has 0 atom stereocenters. The zero-order valence-electron chi connectivity index (χ0n) is 8.67. The Labute approximate surface area is 103 Å². The van der Waals surface area contributed by atoms with Crippen molar-refractivity contribution in [2.75, 3.05) is 11.1 Å². The molecule has 82 valence electrons. The number of carbonyl (C=O) groups excluding carboxylic acids is 1. The second kappa shape index (κ2) is 5.51. The molecule has 1 heterocycles. The number of nitrogens with one attached hydrogen (secondary N) is 1. The van der Waals surface area contributed by atoms with E-state index in [2.05, 4.69) is 38.9 Å². The van der Waals surface area contributed by atoms with E-state index in [1.54, 1.807) is 0 Å². The van der Waals surface area contributed by atoms with Crippen LogP contribution in [0.3, 0.4) is 0 Å². The Balaban J connectivity index is 2.89. The van der Waals surface area contributed by atoms with E-state index < -0.39 is 0 Å². The van der Waals surface area contributed by atoms with Gasteiger partial charge < -0.3 is 5.32 Å². The van der Waals surface area contributed by atoms with Crippen LogP contribution in [0.2, 0.25) is 0 Å². The minimum Gasteiger partial charge on any atom is -0.325 e. The summed E-state index contributed by atoms with van der Waals surface area (Å²) in [7, 11) is 0. The largest absolute Gasteiger partial charge is 0.325 e. The Morgan fingerprint density at radius 3 is 2.87 bits per heavy atom.